The number of carbonyl (C=O) groups is 2. The van der Waals surface area contributed by atoms with Gasteiger partial charge in [0.05, 0.1) is 6.42 Å². The van der Waals surface area contributed by atoms with Gasteiger partial charge in [0.1, 0.15) is 11.9 Å². The van der Waals surface area contributed by atoms with Crippen LogP contribution in [0.3, 0.4) is 0 Å². The first-order chi connectivity index (χ1) is 16.8. The molecule has 3 aromatic carbocycles. The predicted octanol–water partition coefficient (Wildman–Crippen LogP) is 6.34. The third-order valence-corrected chi connectivity index (χ3v) is 6.81. The summed E-state index contributed by atoms with van der Waals surface area (Å²) >= 11 is 9.65. The Labute approximate surface area is 219 Å². The number of hydrogen-bond donors (Lipinski definition) is 1. The molecule has 0 aromatic heterocycles. The molecule has 0 unspecified atom stereocenters. The molecule has 1 N–H and O–H groups in total. The van der Waals surface area contributed by atoms with E-state index in [2.05, 4.69) is 21.2 Å². The SMILES string of the molecule is CC[C@H](C)NC(=O)[C@@H](Cc1ccccc1)N(Cc1ccc(Br)cc1)C(=O)Cc1c(F)cccc1Cl. The van der Waals surface area contributed by atoms with Crippen molar-refractivity contribution in [3.05, 3.63) is 105 Å². The topological polar surface area (TPSA) is 49.4 Å². The van der Waals surface area contributed by atoms with Gasteiger partial charge >= 0.3 is 0 Å². The minimum absolute atomic E-state index is 0.0496. The summed E-state index contributed by atoms with van der Waals surface area (Å²) in [6, 6.07) is 20.6. The lowest BCUT2D eigenvalue weighted by Crippen LogP contribution is -2.52. The second-order valence-electron chi connectivity index (χ2n) is 8.55. The van der Waals surface area contributed by atoms with Crippen LogP contribution in [0.1, 0.15) is 37.0 Å². The van der Waals surface area contributed by atoms with Crippen molar-refractivity contribution >= 4 is 39.3 Å². The summed E-state index contributed by atoms with van der Waals surface area (Å²) in [6.45, 7) is 4.11. The van der Waals surface area contributed by atoms with Crippen LogP contribution in [-0.2, 0) is 29.0 Å². The van der Waals surface area contributed by atoms with Gasteiger partial charge in [-0.3, -0.25) is 9.59 Å². The van der Waals surface area contributed by atoms with Gasteiger partial charge in [0, 0.05) is 34.1 Å². The van der Waals surface area contributed by atoms with E-state index in [1.165, 1.54) is 17.0 Å². The number of rotatable bonds is 10. The molecular weight excluding hydrogens is 531 g/mol. The monoisotopic (exact) mass is 558 g/mol. The van der Waals surface area contributed by atoms with E-state index in [1.807, 2.05) is 68.4 Å². The van der Waals surface area contributed by atoms with E-state index < -0.39 is 11.9 Å². The van der Waals surface area contributed by atoms with Crippen LogP contribution in [0.4, 0.5) is 4.39 Å². The maximum atomic E-state index is 14.5. The lowest BCUT2D eigenvalue weighted by molar-refractivity contribution is -0.141. The highest BCUT2D eigenvalue weighted by molar-refractivity contribution is 9.10. The number of hydrogen-bond acceptors (Lipinski definition) is 2. The zero-order valence-corrected chi connectivity index (χ0v) is 22.2. The van der Waals surface area contributed by atoms with Crippen LogP contribution in [0, 0.1) is 5.82 Å². The van der Waals surface area contributed by atoms with Crippen molar-refractivity contribution in [1.82, 2.24) is 10.2 Å². The molecule has 0 radical (unpaired) electrons. The van der Waals surface area contributed by atoms with E-state index in [-0.39, 0.29) is 41.4 Å². The molecule has 2 amide bonds. The highest BCUT2D eigenvalue weighted by Gasteiger charge is 2.31. The molecule has 0 heterocycles. The maximum Gasteiger partial charge on any atom is 0.243 e. The van der Waals surface area contributed by atoms with E-state index in [4.69, 9.17) is 11.6 Å². The van der Waals surface area contributed by atoms with Crippen molar-refractivity contribution in [1.29, 1.82) is 0 Å². The van der Waals surface area contributed by atoms with E-state index in [9.17, 15) is 14.0 Å². The molecule has 0 aliphatic rings. The molecular formula is C28H29BrClFN2O2. The number of nitrogens with zero attached hydrogens (tertiary/aromatic N) is 1. The smallest absolute Gasteiger partial charge is 0.243 e. The number of carbonyl (C=O) groups excluding carboxylic acids is 2. The summed E-state index contributed by atoms with van der Waals surface area (Å²) in [5.41, 5.74) is 1.91. The standard InChI is InChI=1S/C28H29BrClFN2O2/c1-3-19(2)32-28(35)26(16-20-8-5-4-6-9-20)33(18-21-12-14-22(29)15-13-21)27(34)17-23-24(30)10-7-11-25(23)31/h4-15,19,26H,3,16-18H2,1-2H3,(H,32,35)/t19-,26+/m0/s1. The van der Waals surface area contributed by atoms with Crippen LogP contribution in [0.15, 0.2) is 77.3 Å². The van der Waals surface area contributed by atoms with Crippen LogP contribution in [0.2, 0.25) is 5.02 Å². The Hall–Kier alpha value is -2.70. The Morgan fingerprint density at radius 3 is 2.31 bits per heavy atom. The highest BCUT2D eigenvalue weighted by Crippen LogP contribution is 2.23. The summed E-state index contributed by atoms with van der Waals surface area (Å²) in [7, 11) is 0. The van der Waals surface area contributed by atoms with Crippen LogP contribution in [0.5, 0.6) is 0 Å². The fourth-order valence-electron chi connectivity index (χ4n) is 3.74. The van der Waals surface area contributed by atoms with Crippen molar-refractivity contribution in [3.63, 3.8) is 0 Å². The Kier molecular flexibility index (Phi) is 9.87. The first-order valence-electron chi connectivity index (χ1n) is 11.6. The van der Waals surface area contributed by atoms with E-state index in [0.717, 1.165) is 22.0 Å². The molecule has 184 valence electrons. The van der Waals surface area contributed by atoms with Crippen molar-refractivity contribution in [2.75, 3.05) is 0 Å². The third kappa shape index (κ3) is 7.64. The van der Waals surface area contributed by atoms with Gasteiger partial charge in [-0.1, -0.05) is 83.0 Å². The van der Waals surface area contributed by atoms with Gasteiger partial charge < -0.3 is 10.2 Å². The Balaban J connectivity index is 2.00. The van der Waals surface area contributed by atoms with Crippen molar-refractivity contribution in [3.8, 4) is 0 Å². The fraction of sp³-hybridized carbons (Fsp3) is 0.286. The Morgan fingerprint density at radius 1 is 1.00 bits per heavy atom. The molecule has 0 bridgehead atoms. The van der Waals surface area contributed by atoms with Crippen molar-refractivity contribution < 1.29 is 14.0 Å². The third-order valence-electron chi connectivity index (χ3n) is 5.93. The largest absolute Gasteiger partial charge is 0.352 e. The van der Waals surface area contributed by atoms with E-state index in [1.54, 1.807) is 6.07 Å². The molecule has 0 aliphatic heterocycles. The molecule has 0 saturated carbocycles. The Morgan fingerprint density at radius 2 is 1.69 bits per heavy atom. The van der Waals surface area contributed by atoms with E-state index in [0.29, 0.717) is 6.42 Å². The average molecular weight is 560 g/mol. The second-order valence-corrected chi connectivity index (χ2v) is 9.87. The van der Waals surface area contributed by atoms with Crippen LogP contribution >= 0.6 is 27.5 Å². The Bertz CT molecular complexity index is 1120. The minimum atomic E-state index is -0.784. The van der Waals surface area contributed by atoms with Crippen LogP contribution in [-0.4, -0.2) is 28.8 Å². The molecule has 0 saturated heterocycles. The fourth-order valence-corrected chi connectivity index (χ4v) is 4.23. The quantitative estimate of drug-likeness (QED) is 0.315. The van der Waals surface area contributed by atoms with Crippen LogP contribution in [0.25, 0.3) is 0 Å². The van der Waals surface area contributed by atoms with Gasteiger partial charge in [0.25, 0.3) is 0 Å². The first-order valence-corrected chi connectivity index (χ1v) is 12.8. The van der Waals surface area contributed by atoms with Gasteiger partial charge in [0.15, 0.2) is 0 Å². The van der Waals surface area contributed by atoms with Crippen molar-refractivity contribution in [2.24, 2.45) is 0 Å². The van der Waals surface area contributed by atoms with Gasteiger partial charge in [0.2, 0.25) is 11.8 Å². The summed E-state index contributed by atoms with van der Waals surface area (Å²) < 4.78 is 15.4. The first kappa shape index (κ1) is 26.9. The normalized spacial score (nSPS) is 12.6. The van der Waals surface area contributed by atoms with Crippen molar-refractivity contribution in [2.45, 2.75) is 51.7 Å². The molecule has 3 rings (SSSR count). The predicted molar refractivity (Wildman–Crippen MR) is 142 cm³/mol. The van der Waals surface area contributed by atoms with E-state index >= 15 is 0 Å². The lowest BCUT2D eigenvalue weighted by atomic mass is 10.0. The van der Waals surface area contributed by atoms with Gasteiger partial charge in [-0.15, -0.1) is 0 Å². The van der Waals surface area contributed by atoms with Gasteiger partial charge in [-0.05, 0) is 48.7 Å². The molecule has 4 nitrogen and oxygen atoms in total. The molecule has 35 heavy (non-hydrogen) atoms. The lowest BCUT2D eigenvalue weighted by Gasteiger charge is -2.32. The van der Waals surface area contributed by atoms with Gasteiger partial charge in [-0.25, -0.2) is 4.39 Å². The molecule has 0 fully saturated rings. The number of halogens is 3. The maximum absolute atomic E-state index is 14.5. The zero-order valence-electron chi connectivity index (χ0n) is 19.8. The minimum Gasteiger partial charge on any atom is -0.352 e. The van der Waals surface area contributed by atoms with Gasteiger partial charge in [-0.2, -0.15) is 0 Å². The zero-order chi connectivity index (χ0) is 25.4. The summed E-state index contributed by atoms with van der Waals surface area (Å²) in [5, 5.41) is 3.21. The average Bonchev–Trinajstić information content (AvgIpc) is 2.85. The highest BCUT2D eigenvalue weighted by atomic mass is 79.9. The van der Waals surface area contributed by atoms with Crippen LogP contribution < -0.4 is 5.32 Å². The molecule has 0 spiro atoms. The second kappa shape index (κ2) is 12.8. The number of benzene rings is 3. The number of amides is 2. The number of nitrogens with one attached hydrogen (secondary N) is 1. The summed E-state index contributed by atoms with van der Waals surface area (Å²) in [6.07, 6.45) is 0.843. The molecule has 2 atom stereocenters. The molecule has 3 aromatic rings. The molecule has 0 aliphatic carbocycles. The molecule has 7 heteroatoms. The summed E-state index contributed by atoms with van der Waals surface area (Å²) in [4.78, 5) is 28.7. The summed E-state index contributed by atoms with van der Waals surface area (Å²) in [5.74, 6) is -1.16.